The zero-order valence-electron chi connectivity index (χ0n) is 11.9. The molecule has 0 aliphatic heterocycles. The van der Waals surface area contributed by atoms with Crippen LogP contribution in [-0.2, 0) is 14.8 Å². The molecule has 0 saturated heterocycles. The van der Waals surface area contributed by atoms with Gasteiger partial charge in [-0.1, -0.05) is 11.6 Å². The molecule has 0 bridgehead atoms. The van der Waals surface area contributed by atoms with Crippen molar-refractivity contribution in [1.82, 2.24) is 4.72 Å². The topological polar surface area (TPSA) is 98.5 Å². The fraction of sp³-hybridized carbons (Fsp3) is 0.500. The summed E-state index contributed by atoms with van der Waals surface area (Å²) in [7, 11) is -2.34. The van der Waals surface area contributed by atoms with E-state index >= 15 is 0 Å². The molecule has 0 amide bonds. The maximum absolute atomic E-state index is 12.3. The summed E-state index contributed by atoms with van der Waals surface area (Å²) in [6.07, 6.45) is 0.491. The maximum Gasteiger partial charge on any atom is 0.289 e. The predicted molar refractivity (Wildman–Crippen MR) is 79.1 cm³/mol. The second kappa shape index (κ2) is 7.17. The number of hydrogen-bond donors (Lipinski definition) is 1. The number of rotatable bonds is 7. The van der Waals surface area contributed by atoms with Gasteiger partial charge in [0.2, 0.25) is 10.0 Å². The predicted octanol–water partition coefficient (Wildman–Crippen LogP) is 2.26. The van der Waals surface area contributed by atoms with E-state index in [1.54, 1.807) is 6.92 Å². The van der Waals surface area contributed by atoms with E-state index in [1.165, 1.54) is 20.1 Å². The molecule has 0 aliphatic carbocycles. The lowest BCUT2D eigenvalue weighted by molar-refractivity contribution is -0.384. The largest absolute Gasteiger partial charge is 0.385 e. The average Bonchev–Trinajstić information content (AvgIpc) is 2.34. The van der Waals surface area contributed by atoms with Gasteiger partial charge in [0.25, 0.3) is 5.69 Å². The fourth-order valence-corrected chi connectivity index (χ4v) is 3.56. The molecule has 0 spiro atoms. The molecule has 7 nitrogen and oxygen atoms in total. The van der Waals surface area contributed by atoms with Gasteiger partial charge in [0.05, 0.1) is 9.82 Å². The molecule has 118 valence electrons. The van der Waals surface area contributed by atoms with Crippen molar-refractivity contribution in [2.45, 2.75) is 31.2 Å². The highest BCUT2D eigenvalue weighted by Crippen LogP contribution is 2.30. The van der Waals surface area contributed by atoms with Gasteiger partial charge in [-0.15, -0.1) is 0 Å². The highest BCUT2D eigenvalue weighted by Gasteiger charge is 2.24. The first-order chi connectivity index (χ1) is 9.69. The molecule has 1 unspecified atom stereocenters. The summed E-state index contributed by atoms with van der Waals surface area (Å²) in [5.41, 5.74) is -0.0933. The number of benzene rings is 1. The molecule has 0 fully saturated rings. The zero-order valence-corrected chi connectivity index (χ0v) is 13.5. The summed E-state index contributed by atoms with van der Waals surface area (Å²) in [5, 5.41) is 10.8. The molecular formula is C12H17ClN2O5S. The Balaban J connectivity index is 3.13. The normalized spacial score (nSPS) is 13.1. The quantitative estimate of drug-likeness (QED) is 0.608. The highest BCUT2D eigenvalue weighted by molar-refractivity contribution is 7.89. The third-order valence-electron chi connectivity index (χ3n) is 2.84. The Hall–Kier alpha value is -1.22. The van der Waals surface area contributed by atoms with Crippen molar-refractivity contribution in [2.24, 2.45) is 0 Å². The molecule has 1 rings (SSSR count). The molecular weight excluding hydrogens is 320 g/mol. The van der Waals surface area contributed by atoms with Gasteiger partial charge in [-0.25, -0.2) is 13.1 Å². The van der Waals surface area contributed by atoms with E-state index in [9.17, 15) is 18.5 Å². The smallest absolute Gasteiger partial charge is 0.289 e. The van der Waals surface area contributed by atoms with Crippen molar-refractivity contribution in [2.75, 3.05) is 13.7 Å². The molecule has 0 aromatic heterocycles. The van der Waals surface area contributed by atoms with Gasteiger partial charge < -0.3 is 4.74 Å². The number of ether oxygens (including phenoxy) is 1. The summed E-state index contributed by atoms with van der Waals surface area (Å²) in [4.78, 5) is 10.0. The number of nitro benzene ring substituents is 1. The van der Waals surface area contributed by atoms with E-state index < -0.39 is 20.6 Å². The van der Waals surface area contributed by atoms with Gasteiger partial charge >= 0.3 is 0 Å². The molecule has 1 aromatic carbocycles. The first kappa shape index (κ1) is 17.8. The van der Waals surface area contributed by atoms with Crippen LogP contribution in [0.1, 0.15) is 18.9 Å². The van der Waals surface area contributed by atoms with Crippen molar-refractivity contribution >= 4 is 27.3 Å². The number of nitrogens with one attached hydrogen (secondary N) is 1. The van der Waals surface area contributed by atoms with Crippen LogP contribution < -0.4 is 4.72 Å². The monoisotopic (exact) mass is 336 g/mol. The molecule has 0 heterocycles. The molecule has 9 heteroatoms. The van der Waals surface area contributed by atoms with Crippen molar-refractivity contribution in [3.8, 4) is 0 Å². The summed E-state index contributed by atoms with van der Waals surface area (Å²) >= 11 is 5.75. The van der Waals surface area contributed by atoms with Crippen LogP contribution in [0.15, 0.2) is 17.0 Å². The number of hydrogen-bond acceptors (Lipinski definition) is 5. The van der Waals surface area contributed by atoms with Gasteiger partial charge in [0, 0.05) is 25.8 Å². The lowest BCUT2D eigenvalue weighted by atomic mass is 10.2. The number of methoxy groups -OCH3 is 1. The van der Waals surface area contributed by atoms with Crippen LogP contribution in [0, 0.1) is 17.0 Å². The lowest BCUT2D eigenvalue weighted by Crippen LogP contribution is -2.33. The molecule has 0 aliphatic rings. The van der Waals surface area contributed by atoms with Crippen LogP contribution in [0.5, 0.6) is 0 Å². The Bertz CT molecular complexity index is 633. The molecule has 21 heavy (non-hydrogen) atoms. The van der Waals surface area contributed by atoms with Gasteiger partial charge in [0.15, 0.2) is 0 Å². The van der Waals surface area contributed by atoms with Gasteiger partial charge in [-0.3, -0.25) is 10.1 Å². The number of aryl methyl sites for hydroxylation is 1. The van der Waals surface area contributed by atoms with Gasteiger partial charge in [-0.2, -0.15) is 0 Å². The van der Waals surface area contributed by atoms with E-state index in [2.05, 4.69) is 4.72 Å². The van der Waals surface area contributed by atoms with Crippen molar-refractivity contribution < 1.29 is 18.1 Å². The van der Waals surface area contributed by atoms with E-state index in [0.29, 0.717) is 18.6 Å². The Morgan fingerprint density at radius 3 is 2.62 bits per heavy atom. The first-order valence-corrected chi connectivity index (χ1v) is 8.01. The van der Waals surface area contributed by atoms with Crippen molar-refractivity contribution in [3.63, 3.8) is 0 Å². The minimum Gasteiger partial charge on any atom is -0.385 e. The van der Waals surface area contributed by atoms with E-state index in [4.69, 9.17) is 16.3 Å². The number of nitro groups is 1. The number of halogens is 1. The minimum atomic E-state index is -3.86. The lowest BCUT2D eigenvalue weighted by Gasteiger charge is -2.15. The average molecular weight is 337 g/mol. The van der Waals surface area contributed by atoms with E-state index in [0.717, 1.165) is 6.07 Å². The minimum absolute atomic E-state index is 0.0936. The number of sulfonamides is 1. The molecule has 0 radical (unpaired) electrons. The molecule has 1 aromatic rings. The van der Waals surface area contributed by atoms with Gasteiger partial charge in [0.1, 0.15) is 5.02 Å². The third-order valence-corrected chi connectivity index (χ3v) is 4.88. The van der Waals surface area contributed by atoms with Gasteiger partial charge in [-0.05, 0) is 31.9 Å². The number of nitrogens with zero attached hydrogens (tertiary/aromatic N) is 1. The highest BCUT2D eigenvalue weighted by atomic mass is 35.5. The maximum atomic E-state index is 12.3. The third kappa shape index (κ3) is 4.63. The van der Waals surface area contributed by atoms with Crippen molar-refractivity contribution in [1.29, 1.82) is 0 Å². The van der Waals surface area contributed by atoms with Crippen LogP contribution in [0.3, 0.4) is 0 Å². The standard InChI is InChI=1S/C12H17ClN2O5S/c1-8-6-10(13)11(15(16)17)7-12(8)21(18,19)14-9(2)4-5-20-3/h6-7,9,14H,4-5H2,1-3H3. The SMILES string of the molecule is COCCC(C)NS(=O)(=O)c1cc([N+](=O)[O-])c(Cl)cc1C. The Kier molecular flexibility index (Phi) is 6.09. The second-order valence-electron chi connectivity index (χ2n) is 4.63. The Morgan fingerprint density at radius 1 is 1.48 bits per heavy atom. The van der Waals surface area contributed by atoms with Crippen LogP contribution in [0.2, 0.25) is 5.02 Å². The van der Waals surface area contributed by atoms with Crippen molar-refractivity contribution in [3.05, 3.63) is 32.8 Å². The molecule has 0 saturated carbocycles. The Labute approximate surface area is 128 Å². The van der Waals surface area contributed by atoms with E-state index in [-0.39, 0.29) is 16.0 Å². The van der Waals surface area contributed by atoms with E-state index in [1.807, 2.05) is 0 Å². The van der Waals surface area contributed by atoms with Crippen LogP contribution in [0.4, 0.5) is 5.69 Å². The second-order valence-corrected chi connectivity index (χ2v) is 6.72. The summed E-state index contributed by atoms with van der Waals surface area (Å²) in [6.45, 7) is 3.63. The summed E-state index contributed by atoms with van der Waals surface area (Å²) in [6, 6.07) is 1.89. The summed E-state index contributed by atoms with van der Waals surface area (Å²) in [5.74, 6) is 0. The first-order valence-electron chi connectivity index (χ1n) is 6.15. The molecule has 1 N–H and O–H groups in total. The van der Waals surface area contributed by atoms with Crippen LogP contribution >= 0.6 is 11.6 Å². The Morgan fingerprint density at radius 2 is 2.10 bits per heavy atom. The zero-order chi connectivity index (χ0) is 16.2. The van der Waals surface area contributed by atoms with Crippen LogP contribution in [0.25, 0.3) is 0 Å². The van der Waals surface area contributed by atoms with Crippen LogP contribution in [-0.4, -0.2) is 33.1 Å². The summed E-state index contributed by atoms with van der Waals surface area (Å²) < 4.78 is 31.9. The molecule has 1 atom stereocenters. The fourth-order valence-electron chi connectivity index (χ4n) is 1.75.